The number of ether oxygens (including phenoxy) is 1. The van der Waals surface area contributed by atoms with E-state index in [0.717, 1.165) is 11.1 Å². The van der Waals surface area contributed by atoms with Crippen LogP contribution in [0.15, 0.2) is 42.5 Å². The Labute approximate surface area is 117 Å². The predicted molar refractivity (Wildman–Crippen MR) is 75.0 cm³/mol. The lowest BCUT2D eigenvalue weighted by atomic mass is 9.99. The molecule has 0 fully saturated rings. The number of hydrogen-bond acceptors (Lipinski definition) is 2. The maximum Gasteiger partial charge on any atom is 0.165 e. The Hall–Kier alpha value is -1.58. The van der Waals surface area contributed by atoms with Crippen LogP contribution in [0.25, 0.3) is 0 Å². The molecule has 1 unspecified atom stereocenters. The Kier molecular flexibility index (Phi) is 4.40. The third-order valence-electron chi connectivity index (χ3n) is 2.95. The fourth-order valence-electron chi connectivity index (χ4n) is 1.95. The van der Waals surface area contributed by atoms with Gasteiger partial charge in [-0.1, -0.05) is 29.8 Å². The number of rotatable bonds is 4. The monoisotopic (exact) mass is 279 g/mol. The maximum atomic E-state index is 13.6. The predicted octanol–water partition coefficient (Wildman–Crippen LogP) is 3.73. The molecule has 2 aromatic carbocycles. The first-order chi connectivity index (χ1) is 9.10. The van der Waals surface area contributed by atoms with Gasteiger partial charge in [0.2, 0.25) is 0 Å². The van der Waals surface area contributed by atoms with Crippen LogP contribution in [0, 0.1) is 5.82 Å². The van der Waals surface area contributed by atoms with Gasteiger partial charge in [-0.2, -0.15) is 0 Å². The Morgan fingerprint density at radius 1 is 1.26 bits per heavy atom. The summed E-state index contributed by atoms with van der Waals surface area (Å²) in [5.74, 6) is -0.180. The summed E-state index contributed by atoms with van der Waals surface area (Å²) in [7, 11) is 1.43. The maximum absolute atomic E-state index is 13.6. The molecule has 0 bridgehead atoms. The van der Waals surface area contributed by atoms with E-state index in [-0.39, 0.29) is 11.8 Å². The van der Waals surface area contributed by atoms with Crippen LogP contribution in [-0.2, 0) is 6.42 Å². The van der Waals surface area contributed by atoms with Crippen molar-refractivity contribution >= 4 is 11.6 Å². The summed E-state index contributed by atoms with van der Waals surface area (Å²) in [6.45, 7) is 0. The summed E-state index contributed by atoms with van der Waals surface area (Å²) in [4.78, 5) is 0. The molecular formula is C15H15ClFNO. The van der Waals surface area contributed by atoms with E-state index in [1.54, 1.807) is 12.1 Å². The zero-order valence-corrected chi connectivity index (χ0v) is 11.3. The molecule has 2 N–H and O–H groups in total. The second-order valence-corrected chi connectivity index (χ2v) is 4.77. The van der Waals surface area contributed by atoms with E-state index < -0.39 is 5.82 Å². The van der Waals surface area contributed by atoms with Crippen molar-refractivity contribution in [3.8, 4) is 5.75 Å². The second-order valence-electron chi connectivity index (χ2n) is 4.33. The van der Waals surface area contributed by atoms with E-state index in [2.05, 4.69) is 0 Å². The van der Waals surface area contributed by atoms with Gasteiger partial charge in [0.25, 0.3) is 0 Å². The molecule has 0 aliphatic carbocycles. The zero-order valence-electron chi connectivity index (χ0n) is 10.6. The molecule has 100 valence electrons. The van der Waals surface area contributed by atoms with E-state index >= 15 is 0 Å². The van der Waals surface area contributed by atoms with Gasteiger partial charge in [0.15, 0.2) is 11.6 Å². The molecule has 19 heavy (non-hydrogen) atoms. The average molecular weight is 280 g/mol. The first-order valence-corrected chi connectivity index (χ1v) is 6.31. The summed E-state index contributed by atoms with van der Waals surface area (Å²) >= 11 is 5.92. The SMILES string of the molecule is COc1ccc(C(N)Cc2cccc(Cl)c2)cc1F. The van der Waals surface area contributed by atoms with E-state index in [9.17, 15) is 4.39 Å². The van der Waals surface area contributed by atoms with Gasteiger partial charge in [-0.3, -0.25) is 0 Å². The third-order valence-corrected chi connectivity index (χ3v) is 3.18. The minimum Gasteiger partial charge on any atom is -0.494 e. The molecule has 2 aromatic rings. The lowest BCUT2D eigenvalue weighted by Gasteiger charge is -2.13. The van der Waals surface area contributed by atoms with Gasteiger partial charge in [-0.25, -0.2) is 4.39 Å². The van der Waals surface area contributed by atoms with Gasteiger partial charge in [-0.05, 0) is 41.8 Å². The third kappa shape index (κ3) is 3.46. The van der Waals surface area contributed by atoms with Gasteiger partial charge in [0.1, 0.15) is 0 Å². The molecule has 2 nitrogen and oxygen atoms in total. The van der Waals surface area contributed by atoms with Crippen LogP contribution < -0.4 is 10.5 Å². The largest absolute Gasteiger partial charge is 0.494 e. The number of halogens is 2. The Morgan fingerprint density at radius 3 is 2.68 bits per heavy atom. The molecule has 0 saturated carbocycles. The lowest BCUT2D eigenvalue weighted by molar-refractivity contribution is 0.386. The van der Waals surface area contributed by atoms with Crippen LogP contribution >= 0.6 is 11.6 Å². The van der Waals surface area contributed by atoms with Crippen LogP contribution in [-0.4, -0.2) is 7.11 Å². The van der Waals surface area contributed by atoms with E-state index in [0.29, 0.717) is 11.4 Å². The smallest absolute Gasteiger partial charge is 0.165 e. The van der Waals surface area contributed by atoms with E-state index in [1.165, 1.54) is 13.2 Å². The highest BCUT2D eigenvalue weighted by Crippen LogP contribution is 2.23. The molecule has 0 saturated heterocycles. The summed E-state index contributed by atoms with van der Waals surface area (Å²) in [6, 6.07) is 12.0. The zero-order chi connectivity index (χ0) is 13.8. The topological polar surface area (TPSA) is 35.2 Å². The fourth-order valence-corrected chi connectivity index (χ4v) is 2.16. The summed E-state index contributed by atoms with van der Waals surface area (Å²) in [5, 5.41) is 0.672. The quantitative estimate of drug-likeness (QED) is 0.925. The van der Waals surface area contributed by atoms with Crippen molar-refractivity contribution in [3.63, 3.8) is 0 Å². The number of methoxy groups -OCH3 is 1. The van der Waals surface area contributed by atoms with Crippen molar-refractivity contribution in [2.45, 2.75) is 12.5 Å². The Balaban J connectivity index is 2.15. The van der Waals surface area contributed by atoms with Crippen molar-refractivity contribution < 1.29 is 9.13 Å². The summed E-state index contributed by atoms with van der Waals surface area (Å²) < 4.78 is 18.5. The highest BCUT2D eigenvalue weighted by atomic mass is 35.5. The first kappa shape index (κ1) is 13.8. The van der Waals surface area contributed by atoms with Gasteiger partial charge >= 0.3 is 0 Å². The van der Waals surface area contributed by atoms with Crippen molar-refractivity contribution in [2.24, 2.45) is 5.73 Å². The van der Waals surface area contributed by atoms with Gasteiger partial charge in [0.05, 0.1) is 7.11 Å². The molecule has 0 spiro atoms. The molecule has 4 heteroatoms. The highest BCUT2D eigenvalue weighted by Gasteiger charge is 2.11. The summed E-state index contributed by atoms with van der Waals surface area (Å²) in [6.07, 6.45) is 0.604. The van der Waals surface area contributed by atoms with Crippen molar-refractivity contribution in [3.05, 3.63) is 64.4 Å². The van der Waals surface area contributed by atoms with Crippen molar-refractivity contribution in [1.82, 2.24) is 0 Å². The molecule has 0 amide bonds. The molecule has 2 rings (SSSR count). The minimum atomic E-state index is -0.401. The van der Waals surface area contributed by atoms with Crippen LogP contribution in [0.5, 0.6) is 5.75 Å². The van der Waals surface area contributed by atoms with Gasteiger partial charge < -0.3 is 10.5 Å². The minimum absolute atomic E-state index is 0.221. The lowest BCUT2D eigenvalue weighted by Crippen LogP contribution is -2.13. The normalized spacial score (nSPS) is 12.2. The fraction of sp³-hybridized carbons (Fsp3) is 0.200. The molecule has 0 radical (unpaired) electrons. The molecule has 0 aliphatic heterocycles. The number of benzene rings is 2. The number of hydrogen-bond donors (Lipinski definition) is 1. The standard InChI is InChI=1S/C15H15ClFNO/c1-19-15-6-5-11(9-13(15)17)14(18)8-10-3-2-4-12(16)7-10/h2-7,9,14H,8,18H2,1H3. The number of nitrogens with two attached hydrogens (primary N) is 1. The molecule has 1 atom stereocenters. The first-order valence-electron chi connectivity index (χ1n) is 5.93. The molecular weight excluding hydrogens is 265 g/mol. The van der Waals surface area contributed by atoms with Crippen LogP contribution in [0.3, 0.4) is 0 Å². The molecule has 0 aromatic heterocycles. The van der Waals surface area contributed by atoms with Gasteiger partial charge in [0, 0.05) is 11.1 Å². The van der Waals surface area contributed by atoms with Crippen LogP contribution in [0.1, 0.15) is 17.2 Å². The van der Waals surface area contributed by atoms with Crippen molar-refractivity contribution in [2.75, 3.05) is 7.11 Å². The Bertz CT molecular complexity index is 574. The van der Waals surface area contributed by atoms with E-state index in [1.807, 2.05) is 24.3 Å². The molecule has 0 aliphatic rings. The highest BCUT2D eigenvalue weighted by molar-refractivity contribution is 6.30. The van der Waals surface area contributed by atoms with Gasteiger partial charge in [-0.15, -0.1) is 0 Å². The van der Waals surface area contributed by atoms with Crippen LogP contribution in [0.4, 0.5) is 4.39 Å². The summed E-state index contributed by atoms with van der Waals surface area (Å²) in [5.41, 5.74) is 7.85. The van der Waals surface area contributed by atoms with E-state index in [4.69, 9.17) is 22.1 Å². The Morgan fingerprint density at radius 2 is 2.05 bits per heavy atom. The molecule has 0 heterocycles. The second kappa shape index (κ2) is 6.04. The van der Waals surface area contributed by atoms with Crippen molar-refractivity contribution in [1.29, 1.82) is 0 Å². The van der Waals surface area contributed by atoms with Crippen LogP contribution in [0.2, 0.25) is 5.02 Å². The average Bonchev–Trinajstić information content (AvgIpc) is 2.38.